The Hall–Kier alpha value is -5.66. The van der Waals surface area contributed by atoms with Gasteiger partial charge in [-0.1, -0.05) is 139 Å². The fourth-order valence-electron chi connectivity index (χ4n) is 6.19. The van der Waals surface area contributed by atoms with Gasteiger partial charge in [0.05, 0.1) is 17.8 Å². The van der Waals surface area contributed by atoms with Gasteiger partial charge in [0.25, 0.3) is 0 Å². The zero-order chi connectivity index (χ0) is 39.6. The number of fused-ring (bicyclic) bond motifs is 6. The maximum atomic E-state index is 9.45. The molecule has 0 radical (unpaired) electrons. The van der Waals surface area contributed by atoms with Gasteiger partial charge >= 0.3 is 0 Å². The van der Waals surface area contributed by atoms with Crippen molar-refractivity contribution in [3.8, 4) is 33.4 Å². The van der Waals surface area contributed by atoms with Crippen LogP contribution >= 0.6 is 0 Å². The van der Waals surface area contributed by atoms with E-state index >= 15 is 0 Å². The molecule has 0 saturated carbocycles. The molecule has 1 heteroatoms. The van der Waals surface area contributed by atoms with Crippen molar-refractivity contribution in [2.45, 2.75) is 0 Å². The molecule has 9 aromatic rings. The highest BCUT2D eigenvalue weighted by Crippen LogP contribution is 2.48. The van der Waals surface area contributed by atoms with Crippen LogP contribution in [-0.4, -0.2) is 0 Å². The summed E-state index contributed by atoms with van der Waals surface area (Å²) in [5.41, 5.74) is 1.83. The first kappa shape index (κ1) is 14.5. The lowest BCUT2D eigenvalue weighted by Gasteiger charge is -2.21. The monoisotopic (exact) mass is 559 g/mol. The standard InChI is InChI=1S/C42H26O/c1-2-13-28(14-3-1)40-30-15-5-4-12-27(30)22-24-36(40)42-34-19-8-6-17-32(34)41(33-18-7-9-20-35(33)42)29-23-25-39-37(26-29)31-16-10-11-21-38(31)43-39/h1-26H/i1D,2D,3D,6D,7D,8D,9D,13D,14D,17D,18D,19D,20D. The molecule has 0 unspecified atom stereocenters. The van der Waals surface area contributed by atoms with Crippen LogP contribution in [0, 0.1) is 0 Å². The Morgan fingerprint density at radius 3 is 1.74 bits per heavy atom. The van der Waals surface area contributed by atoms with Crippen LogP contribution in [0.5, 0.6) is 0 Å². The van der Waals surface area contributed by atoms with E-state index in [9.17, 15) is 5.48 Å². The van der Waals surface area contributed by atoms with Crippen molar-refractivity contribution < 1.29 is 22.2 Å². The van der Waals surface area contributed by atoms with Gasteiger partial charge in [-0.25, -0.2) is 0 Å². The summed E-state index contributed by atoms with van der Waals surface area (Å²) in [7, 11) is 0. The fraction of sp³-hybridized carbons (Fsp3) is 0. The average molecular weight is 560 g/mol. The van der Waals surface area contributed by atoms with E-state index in [2.05, 4.69) is 0 Å². The van der Waals surface area contributed by atoms with Gasteiger partial charge in [0.15, 0.2) is 0 Å². The fourth-order valence-corrected chi connectivity index (χ4v) is 6.19. The summed E-state index contributed by atoms with van der Waals surface area (Å²) in [5, 5.41) is 2.38. The molecule has 0 fully saturated rings. The Balaban J connectivity index is 1.59. The Kier molecular flexibility index (Phi) is 3.18. The summed E-state index contributed by atoms with van der Waals surface area (Å²) < 4.78 is 123. The average Bonchev–Trinajstić information content (AvgIpc) is 3.59. The van der Waals surface area contributed by atoms with Crippen LogP contribution in [-0.2, 0) is 0 Å². The van der Waals surface area contributed by atoms with E-state index in [-0.39, 0.29) is 49.4 Å². The quantitative estimate of drug-likeness (QED) is 0.196. The molecule has 0 atom stereocenters. The van der Waals surface area contributed by atoms with Gasteiger partial charge in [-0.15, -0.1) is 0 Å². The van der Waals surface area contributed by atoms with Crippen LogP contribution in [0.1, 0.15) is 17.8 Å². The van der Waals surface area contributed by atoms with Crippen molar-refractivity contribution in [1.29, 1.82) is 0 Å². The van der Waals surface area contributed by atoms with Crippen LogP contribution in [0.4, 0.5) is 0 Å². The molecule has 0 aliphatic rings. The maximum Gasteiger partial charge on any atom is 0.135 e. The predicted molar refractivity (Wildman–Crippen MR) is 183 cm³/mol. The molecule has 1 aromatic heterocycles. The number of rotatable bonds is 3. The highest BCUT2D eigenvalue weighted by molar-refractivity contribution is 6.24. The summed E-state index contributed by atoms with van der Waals surface area (Å²) in [4.78, 5) is 0. The van der Waals surface area contributed by atoms with Gasteiger partial charge in [0.2, 0.25) is 0 Å². The van der Waals surface area contributed by atoms with Crippen molar-refractivity contribution in [3.05, 3.63) is 157 Å². The summed E-state index contributed by atoms with van der Waals surface area (Å²) in [6.07, 6.45) is 0. The third-order valence-corrected chi connectivity index (χ3v) is 7.99. The van der Waals surface area contributed by atoms with Gasteiger partial charge in [-0.3, -0.25) is 0 Å². The molecule has 0 spiro atoms. The molecule has 8 aromatic carbocycles. The van der Waals surface area contributed by atoms with Gasteiger partial charge < -0.3 is 4.42 Å². The molecule has 9 rings (SSSR count). The van der Waals surface area contributed by atoms with Crippen LogP contribution in [0.25, 0.3) is 87.6 Å². The van der Waals surface area contributed by atoms with Crippen LogP contribution in [0.15, 0.2) is 162 Å². The summed E-state index contributed by atoms with van der Waals surface area (Å²) in [6.45, 7) is 0. The predicted octanol–water partition coefficient (Wildman–Crippen LogP) is 12.0. The normalized spacial score (nSPS) is 16.0. The lowest BCUT2D eigenvalue weighted by molar-refractivity contribution is 0.669. The smallest absolute Gasteiger partial charge is 0.135 e. The largest absolute Gasteiger partial charge is 0.456 e. The van der Waals surface area contributed by atoms with E-state index in [4.69, 9.17) is 16.8 Å². The van der Waals surface area contributed by atoms with E-state index in [1.165, 1.54) is 0 Å². The second-order valence-electron chi connectivity index (χ2n) is 10.3. The molecule has 0 aliphatic heterocycles. The topological polar surface area (TPSA) is 13.1 Å². The van der Waals surface area contributed by atoms with Crippen molar-refractivity contribution in [3.63, 3.8) is 0 Å². The van der Waals surface area contributed by atoms with E-state index in [0.29, 0.717) is 32.9 Å². The lowest BCUT2D eigenvalue weighted by atomic mass is 9.82. The van der Waals surface area contributed by atoms with E-state index < -0.39 is 78.6 Å². The molecule has 0 saturated heterocycles. The van der Waals surface area contributed by atoms with Gasteiger partial charge in [-0.05, 0) is 83.9 Å². The number of hydrogen-bond acceptors (Lipinski definition) is 1. The van der Waals surface area contributed by atoms with E-state index in [0.717, 1.165) is 5.39 Å². The lowest BCUT2D eigenvalue weighted by Crippen LogP contribution is -1.93. The second kappa shape index (κ2) is 9.44. The Morgan fingerprint density at radius 2 is 1.00 bits per heavy atom. The van der Waals surface area contributed by atoms with Crippen molar-refractivity contribution >= 4 is 54.3 Å². The first-order valence-corrected chi connectivity index (χ1v) is 13.7. The molecular formula is C42H26O. The Labute approximate surface area is 267 Å². The number of hydrogen-bond donors (Lipinski definition) is 0. The zero-order valence-corrected chi connectivity index (χ0v) is 22.4. The van der Waals surface area contributed by atoms with Crippen LogP contribution < -0.4 is 0 Å². The minimum Gasteiger partial charge on any atom is -0.456 e. The molecule has 0 bridgehead atoms. The molecular weight excluding hydrogens is 520 g/mol. The van der Waals surface area contributed by atoms with Crippen LogP contribution in [0.2, 0.25) is 0 Å². The molecule has 43 heavy (non-hydrogen) atoms. The van der Waals surface area contributed by atoms with Gasteiger partial charge in [0, 0.05) is 10.8 Å². The van der Waals surface area contributed by atoms with E-state index in [1.807, 2.05) is 24.3 Å². The molecule has 1 heterocycles. The van der Waals surface area contributed by atoms with Crippen molar-refractivity contribution in [1.82, 2.24) is 0 Å². The van der Waals surface area contributed by atoms with Crippen molar-refractivity contribution in [2.24, 2.45) is 0 Å². The zero-order valence-electron chi connectivity index (χ0n) is 35.4. The molecule has 200 valence electrons. The highest BCUT2D eigenvalue weighted by atomic mass is 16.3. The Bertz CT molecular complexity index is 3130. The molecule has 0 N–H and O–H groups in total. The minimum absolute atomic E-state index is 0.000142. The van der Waals surface area contributed by atoms with E-state index in [1.54, 1.807) is 54.6 Å². The molecule has 0 aliphatic carbocycles. The first-order valence-electron chi connectivity index (χ1n) is 20.2. The molecule has 0 amide bonds. The number of furan rings is 1. The minimum atomic E-state index is -0.601. The first-order chi connectivity index (χ1) is 26.7. The van der Waals surface area contributed by atoms with Gasteiger partial charge in [-0.2, -0.15) is 0 Å². The second-order valence-corrected chi connectivity index (χ2v) is 10.3. The summed E-state index contributed by atoms with van der Waals surface area (Å²) >= 11 is 0. The van der Waals surface area contributed by atoms with Crippen molar-refractivity contribution in [2.75, 3.05) is 0 Å². The number of para-hydroxylation sites is 1. The Morgan fingerprint density at radius 1 is 0.395 bits per heavy atom. The van der Waals surface area contributed by atoms with Crippen LogP contribution in [0.3, 0.4) is 0 Å². The summed E-state index contributed by atoms with van der Waals surface area (Å²) in [5.74, 6) is 0. The molecule has 1 nitrogen and oxygen atoms in total. The maximum absolute atomic E-state index is 9.45. The third kappa shape index (κ3) is 3.65. The van der Waals surface area contributed by atoms with Gasteiger partial charge in [0.1, 0.15) is 11.2 Å². The third-order valence-electron chi connectivity index (χ3n) is 7.99. The highest BCUT2D eigenvalue weighted by Gasteiger charge is 2.20. The summed E-state index contributed by atoms with van der Waals surface area (Å²) in [6, 6.07) is 15.9. The number of benzene rings is 8. The SMILES string of the molecule is [2H]c1c([2H])c([2H])c(-c2c(-c3c4c([2H])c([2H])c([2H])c([2H])c4c(-c4ccc5oc6ccccc6c5c4)c4c([2H])c([2H])c([2H])c([2H])c34)ccc3ccccc23)c([2H])c1[2H].